The third kappa shape index (κ3) is 4.34. The predicted octanol–water partition coefficient (Wildman–Crippen LogP) is 2.09. The molecule has 3 aromatic rings. The van der Waals surface area contributed by atoms with Crippen LogP contribution >= 0.6 is 23.4 Å². The number of rotatable bonds is 5. The number of H-pyrrole nitrogens is 1. The Labute approximate surface area is 168 Å². The van der Waals surface area contributed by atoms with Crippen molar-refractivity contribution in [3.63, 3.8) is 0 Å². The average molecular weight is 421 g/mol. The van der Waals surface area contributed by atoms with Crippen molar-refractivity contribution in [2.75, 3.05) is 6.54 Å². The SMILES string of the molecule is CCNC(=O)NC(=O)C(C)Sc1nc2c(cnn2-c2cccc(Cl)c2)c(=O)[nH]1. The summed E-state index contributed by atoms with van der Waals surface area (Å²) in [5, 5.41) is 9.33. The van der Waals surface area contributed by atoms with Crippen LogP contribution in [0, 0.1) is 0 Å². The van der Waals surface area contributed by atoms with Crippen LogP contribution in [-0.4, -0.2) is 43.5 Å². The Hall–Kier alpha value is -2.85. The van der Waals surface area contributed by atoms with Gasteiger partial charge in [0.25, 0.3) is 5.56 Å². The van der Waals surface area contributed by atoms with Crippen molar-refractivity contribution in [2.24, 2.45) is 0 Å². The maximum atomic E-state index is 12.4. The van der Waals surface area contributed by atoms with Gasteiger partial charge in [-0.3, -0.25) is 14.9 Å². The third-order valence-electron chi connectivity index (χ3n) is 3.70. The average Bonchev–Trinajstić information content (AvgIpc) is 3.06. The minimum Gasteiger partial charge on any atom is -0.338 e. The summed E-state index contributed by atoms with van der Waals surface area (Å²) in [4.78, 5) is 43.0. The second-order valence-corrected chi connectivity index (χ2v) is 7.52. The molecule has 146 valence electrons. The molecule has 0 saturated carbocycles. The first-order chi connectivity index (χ1) is 13.4. The number of imide groups is 1. The Bertz CT molecular complexity index is 1100. The highest BCUT2D eigenvalue weighted by molar-refractivity contribution is 8.00. The lowest BCUT2D eigenvalue weighted by molar-refractivity contribution is -0.119. The fourth-order valence-corrected chi connectivity index (χ4v) is 3.37. The standard InChI is InChI=1S/C17H17ClN6O3S/c1-3-19-16(27)22-14(25)9(2)28-17-21-13-12(15(26)23-17)8-20-24(13)11-6-4-5-10(18)7-11/h4-9H,3H2,1-2H3,(H,21,23,26)(H2,19,22,25,27). The highest BCUT2D eigenvalue weighted by Gasteiger charge is 2.19. The first-order valence-electron chi connectivity index (χ1n) is 8.38. The fraction of sp³-hybridized carbons (Fsp3) is 0.235. The predicted molar refractivity (Wildman–Crippen MR) is 107 cm³/mol. The van der Waals surface area contributed by atoms with Gasteiger partial charge in [0.05, 0.1) is 17.1 Å². The van der Waals surface area contributed by atoms with Crippen molar-refractivity contribution in [3.05, 3.63) is 45.8 Å². The zero-order valence-electron chi connectivity index (χ0n) is 15.0. The summed E-state index contributed by atoms with van der Waals surface area (Å²) in [6.07, 6.45) is 1.42. The minimum atomic E-state index is -0.661. The van der Waals surface area contributed by atoms with Crippen molar-refractivity contribution < 1.29 is 9.59 Å². The second kappa shape index (κ2) is 8.44. The second-order valence-electron chi connectivity index (χ2n) is 5.75. The van der Waals surface area contributed by atoms with Crippen LogP contribution in [0.1, 0.15) is 13.8 Å². The lowest BCUT2D eigenvalue weighted by Gasteiger charge is -2.11. The number of carbonyl (C=O) groups is 2. The molecular weight excluding hydrogens is 404 g/mol. The molecule has 3 amide bonds. The first-order valence-corrected chi connectivity index (χ1v) is 9.64. The van der Waals surface area contributed by atoms with E-state index in [0.29, 0.717) is 28.3 Å². The molecule has 0 spiro atoms. The van der Waals surface area contributed by atoms with E-state index in [1.165, 1.54) is 10.9 Å². The molecule has 1 aromatic carbocycles. The number of hydrogen-bond donors (Lipinski definition) is 3. The maximum absolute atomic E-state index is 12.4. The van der Waals surface area contributed by atoms with Gasteiger partial charge in [-0.15, -0.1) is 0 Å². The zero-order chi connectivity index (χ0) is 20.3. The van der Waals surface area contributed by atoms with Crippen LogP contribution in [0.2, 0.25) is 5.02 Å². The summed E-state index contributed by atoms with van der Waals surface area (Å²) in [7, 11) is 0. The number of aromatic amines is 1. The quantitative estimate of drug-likeness (QED) is 0.429. The van der Waals surface area contributed by atoms with Crippen LogP contribution in [-0.2, 0) is 4.79 Å². The van der Waals surface area contributed by atoms with Crippen LogP contribution in [0.3, 0.4) is 0 Å². The zero-order valence-corrected chi connectivity index (χ0v) is 16.6. The largest absolute Gasteiger partial charge is 0.338 e. The van der Waals surface area contributed by atoms with Crippen molar-refractivity contribution in [1.29, 1.82) is 0 Å². The maximum Gasteiger partial charge on any atom is 0.321 e. The Morgan fingerprint density at radius 2 is 2.18 bits per heavy atom. The molecule has 0 aliphatic carbocycles. The van der Waals surface area contributed by atoms with Gasteiger partial charge in [-0.05, 0) is 32.0 Å². The Kier molecular flexibility index (Phi) is 6.00. The van der Waals surface area contributed by atoms with Crippen LogP contribution in [0.25, 0.3) is 16.7 Å². The van der Waals surface area contributed by atoms with Gasteiger partial charge in [0.15, 0.2) is 10.8 Å². The number of nitrogens with one attached hydrogen (secondary N) is 3. The van der Waals surface area contributed by atoms with Crippen molar-refractivity contribution in [3.8, 4) is 5.69 Å². The van der Waals surface area contributed by atoms with E-state index in [2.05, 4.69) is 25.7 Å². The molecule has 9 nitrogen and oxygen atoms in total. The fourth-order valence-electron chi connectivity index (χ4n) is 2.39. The Morgan fingerprint density at radius 1 is 1.39 bits per heavy atom. The lowest BCUT2D eigenvalue weighted by Crippen LogP contribution is -2.42. The van der Waals surface area contributed by atoms with Gasteiger partial charge >= 0.3 is 6.03 Å². The van der Waals surface area contributed by atoms with Crippen molar-refractivity contribution in [1.82, 2.24) is 30.4 Å². The highest BCUT2D eigenvalue weighted by atomic mass is 35.5. The van der Waals surface area contributed by atoms with Crippen molar-refractivity contribution >= 4 is 46.3 Å². The third-order valence-corrected chi connectivity index (χ3v) is 4.92. The lowest BCUT2D eigenvalue weighted by atomic mass is 10.3. The summed E-state index contributed by atoms with van der Waals surface area (Å²) in [5.41, 5.74) is 0.612. The van der Waals surface area contributed by atoms with Crippen LogP contribution in [0.5, 0.6) is 0 Å². The van der Waals surface area contributed by atoms with Gasteiger partial charge < -0.3 is 10.3 Å². The molecule has 0 aliphatic heterocycles. The van der Waals surface area contributed by atoms with Gasteiger partial charge in [-0.2, -0.15) is 5.10 Å². The molecule has 2 aromatic heterocycles. The molecule has 0 bridgehead atoms. The first kappa shape index (κ1) is 19.9. The molecule has 3 rings (SSSR count). The number of hydrogen-bond acceptors (Lipinski definition) is 6. The van der Waals surface area contributed by atoms with Gasteiger partial charge in [0.1, 0.15) is 5.39 Å². The molecule has 1 atom stereocenters. The smallest absolute Gasteiger partial charge is 0.321 e. The van der Waals surface area contributed by atoms with Crippen molar-refractivity contribution in [2.45, 2.75) is 24.3 Å². The van der Waals surface area contributed by atoms with E-state index < -0.39 is 17.2 Å². The van der Waals surface area contributed by atoms with Crippen LogP contribution in [0.15, 0.2) is 40.4 Å². The molecule has 28 heavy (non-hydrogen) atoms. The monoisotopic (exact) mass is 420 g/mol. The van der Waals surface area contributed by atoms with Gasteiger partial charge in [-0.25, -0.2) is 14.5 Å². The Balaban J connectivity index is 1.89. The van der Waals surface area contributed by atoms with Gasteiger partial charge in [-0.1, -0.05) is 29.4 Å². The summed E-state index contributed by atoms with van der Waals surface area (Å²) < 4.78 is 1.50. The van der Waals surface area contributed by atoms with E-state index >= 15 is 0 Å². The number of urea groups is 1. The molecule has 1 unspecified atom stereocenters. The van der Waals surface area contributed by atoms with E-state index in [-0.39, 0.29) is 10.7 Å². The summed E-state index contributed by atoms with van der Waals surface area (Å²) in [6.45, 7) is 3.76. The number of carbonyl (C=O) groups excluding carboxylic acids is 2. The number of benzene rings is 1. The van der Waals surface area contributed by atoms with E-state index in [1.807, 2.05) is 0 Å². The van der Waals surface area contributed by atoms with Crippen LogP contribution in [0.4, 0.5) is 4.79 Å². The molecular formula is C17H17ClN6O3S. The number of thioether (sulfide) groups is 1. The molecule has 0 saturated heterocycles. The summed E-state index contributed by atoms with van der Waals surface area (Å²) >= 11 is 7.06. The molecule has 0 fully saturated rings. The topological polar surface area (TPSA) is 122 Å². The minimum absolute atomic E-state index is 0.236. The number of fused-ring (bicyclic) bond motifs is 1. The van der Waals surface area contributed by atoms with Gasteiger partial charge in [0, 0.05) is 11.6 Å². The summed E-state index contributed by atoms with van der Waals surface area (Å²) in [5.74, 6) is -0.498. The summed E-state index contributed by atoms with van der Waals surface area (Å²) in [6, 6.07) is 6.41. The molecule has 11 heteroatoms. The molecule has 0 aliphatic rings. The number of halogens is 1. The number of nitrogens with zero attached hydrogens (tertiary/aromatic N) is 3. The van der Waals surface area contributed by atoms with E-state index in [9.17, 15) is 14.4 Å². The van der Waals surface area contributed by atoms with Gasteiger partial charge in [0.2, 0.25) is 5.91 Å². The van der Waals surface area contributed by atoms with E-state index in [4.69, 9.17) is 11.6 Å². The van der Waals surface area contributed by atoms with Crippen LogP contribution < -0.4 is 16.2 Å². The highest BCUT2D eigenvalue weighted by Crippen LogP contribution is 2.22. The Morgan fingerprint density at radius 3 is 2.89 bits per heavy atom. The van der Waals surface area contributed by atoms with E-state index in [0.717, 1.165) is 11.8 Å². The number of aromatic nitrogens is 4. The molecule has 3 N–H and O–H groups in total. The van der Waals surface area contributed by atoms with E-state index in [1.54, 1.807) is 38.1 Å². The normalized spacial score (nSPS) is 12.0. The number of amides is 3. The molecule has 0 radical (unpaired) electrons. The molecule has 2 heterocycles.